The summed E-state index contributed by atoms with van der Waals surface area (Å²) in [6.07, 6.45) is 1.41. The Hall–Kier alpha value is -2.58. The average molecular weight is 421 g/mol. The predicted molar refractivity (Wildman–Crippen MR) is 109 cm³/mol. The Kier molecular flexibility index (Phi) is 6.38. The Balaban J connectivity index is 1.71. The summed E-state index contributed by atoms with van der Waals surface area (Å²) in [4.78, 5) is 41.0. The summed E-state index contributed by atoms with van der Waals surface area (Å²) < 4.78 is 12.3. The van der Waals surface area contributed by atoms with Crippen molar-refractivity contribution in [1.29, 1.82) is 0 Å². The number of likely N-dealkylation sites (tertiary alicyclic amines) is 1. The van der Waals surface area contributed by atoms with Crippen LogP contribution in [0.25, 0.3) is 0 Å². The van der Waals surface area contributed by atoms with Gasteiger partial charge in [0.15, 0.2) is 5.69 Å². The fourth-order valence-electron chi connectivity index (χ4n) is 3.97. The van der Waals surface area contributed by atoms with Gasteiger partial charge in [0.25, 0.3) is 5.91 Å². The van der Waals surface area contributed by atoms with Crippen molar-refractivity contribution in [3.05, 3.63) is 17.0 Å². The van der Waals surface area contributed by atoms with Crippen molar-refractivity contribution >= 4 is 18.0 Å². The molecule has 9 heteroatoms. The van der Waals surface area contributed by atoms with E-state index in [1.807, 2.05) is 27.8 Å². The van der Waals surface area contributed by atoms with Crippen molar-refractivity contribution in [2.45, 2.75) is 59.1 Å². The van der Waals surface area contributed by atoms with Gasteiger partial charge in [0, 0.05) is 44.4 Å². The lowest BCUT2D eigenvalue weighted by Gasteiger charge is -2.32. The van der Waals surface area contributed by atoms with E-state index in [9.17, 15) is 14.4 Å². The third kappa shape index (κ3) is 4.76. The quantitative estimate of drug-likeness (QED) is 0.696. The lowest BCUT2D eigenvalue weighted by Crippen LogP contribution is -2.42. The second-order valence-electron chi connectivity index (χ2n) is 8.87. The molecule has 0 atom stereocenters. The van der Waals surface area contributed by atoms with E-state index in [0.717, 1.165) is 11.3 Å². The zero-order chi connectivity index (χ0) is 22.1. The van der Waals surface area contributed by atoms with Crippen LogP contribution in [0.4, 0.5) is 4.79 Å². The molecular weight excluding hydrogens is 388 g/mol. The number of carbonyl (C=O) groups excluding carboxylic acids is 3. The molecule has 166 valence electrons. The van der Waals surface area contributed by atoms with Crippen LogP contribution in [0, 0.1) is 5.92 Å². The van der Waals surface area contributed by atoms with Crippen LogP contribution in [0.15, 0.2) is 0 Å². The number of nitrogens with zero attached hydrogens (tertiary/aromatic N) is 4. The number of amides is 2. The minimum absolute atomic E-state index is 0.153. The molecule has 2 amide bonds. The molecule has 0 aromatic carbocycles. The van der Waals surface area contributed by atoms with Crippen molar-refractivity contribution in [1.82, 2.24) is 19.6 Å². The third-order valence-corrected chi connectivity index (χ3v) is 5.50. The molecule has 9 nitrogen and oxygen atoms in total. The highest BCUT2D eigenvalue weighted by Gasteiger charge is 2.35. The largest absolute Gasteiger partial charge is 0.466 e. The molecule has 2 aliphatic rings. The molecule has 0 spiro atoms. The van der Waals surface area contributed by atoms with Crippen molar-refractivity contribution in [2.24, 2.45) is 13.0 Å². The molecule has 30 heavy (non-hydrogen) atoms. The normalized spacial score (nSPS) is 17.5. The highest BCUT2D eigenvalue weighted by Crippen LogP contribution is 2.26. The van der Waals surface area contributed by atoms with Crippen LogP contribution in [0.2, 0.25) is 0 Å². The Morgan fingerprint density at radius 3 is 2.37 bits per heavy atom. The monoisotopic (exact) mass is 420 g/mol. The van der Waals surface area contributed by atoms with Gasteiger partial charge in [-0.1, -0.05) is 0 Å². The number of fused-ring (bicyclic) bond motifs is 1. The summed E-state index contributed by atoms with van der Waals surface area (Å²) in [5.74, 6) is -0.498. The summed E-state index contributed by atoms with van der Waals surface area (Å²) in [7, 11) is 1.83. The number of hydrogen-bond acceptors (Lipinski definition) is 6. The van der Waals surface area contributed by atoms with E-state index in [1.54, 1.807) is 21.4 Å². The molecular formula is C21H32N4O5. The molecule has 1 saturated heterocycles. The summed E-state index contributed by atoms with van der Waals surface area (Å²) in [5.41, 5.74) is 1.57. The number of aromatic nitrogens is 2. The number of rotatable bonds is 3. The average Bonchev–Trinajstić information content (AvgIpc) is 3.02. The number of aryl methyl sites for hydroxylation is 1. The molecule has 3 rings (SSSR count). The minimum Gasteiger partial charge on any atom is -0.466 e. The van der Waals surface area contributed by atoms with Gasteiger partial charge in [0.05, 0.1) is 19.1 Å². The second-order valence-corrected chi connectivity index (χ2v) is 8.87. The topological polar surface area (TPSA) is 94.0 Å². The SMILES string of the molecule is CCOC(=O)C1CCN(C(=O)c2nn(C)c3c2CN(C(=O)OC(C)(C)C)CC3)CC1. The second kappa shape index (κ2) is 8.65. The van der Waals surface area contributed by atoms with Gasteiger partial charge >= 0.3 is 12.1 Å². The molecule has 1 aromatic rings. The van der Waals surface area contributed by atoms with Crippen LogP contribution >= 0.6 is 0 Å². The molecule has 0 N–H and O–H groups in total. The van der Waals surface area contributed by atoms with Crippen LogP contribution in [0.3, 0.4) is 0 Å². The van der Waals surface area contributed by atoms with Gasteiger partial charge in [0.1, 0.15) is 5.60 Å². The van der Waals surface area contributed by atoms with E-state index >= 15 is 0 Å². The standard InChI is InChI=1S/C21H32N4O5/c1-6-29-19(27)14-7-10-24(11-8-14)18(26)17-15-13-25(20(28)30-21(2,3)4)12-9-16(15)23(5)22-17/h14H,6-13H2,1-5H3. The zero-order valence-electron chi connectivity index (χ0n) is 18.6. The molecule has 0 unspecified atom stereocenters. The van der Waals surface area contributed by atoms with E-state index in [1.165, 1.54) is 0 Å². The van der Waals surface area contributed by atoms with Crippen molar-refractivity contribution in [2.75, 3.05) is 26.2 Å². The molecule has 2 aliphatic heterocycles. The Morgan fingerprint density at radius 2 is 1.77 bits per heavy atom. The molecule has 0 bridgehead atoms. The van der Waals surface area contributed by atoms with Crippen molar-refractivity contribution < 1.29 is 23.9 Å². The highest BCUT2D eigenvalue weighted by molar-refractivity contribution is 5.94. The molecule has 1 aromatic heterocycles. The molecule has 0 saturated carbocycles. The molecule has 1 fully saturated rings. The maximum Gasteiger partial charge on any atom is 0.410 e. The van der Waals surface area contributed by atoms with Crippen LogP contribution < -0.4 is 0 Å². The number of esters is 1. The van der Waals surface area contributed by atoms with Gasteiger partial charge in [0.2, 0.25) is 0 Å². The molecule has 0 aliphatic carbocycles. The summed E-state index contributed by atoms with van der Waals surface area (Å²) in [6.45, 7) is 9.47. The summed E-state index contributed by atoms with van der Waals surface area (Å²) >= 11 is 0. The number of carbonyl (C=O) groups is 3. The number of piperidine rings is 1. The van der Waals surface area contributed by atoms with Gasteiger partial charge in [-0.25, -0.2) is 4.79 Å². The lowest BCUT2D eigenvalue weighted by atomic mass is 9.96. The van der Waals surface area contributed by atoms with Crippen LogP contribution in [-0.4, -0.2) is 69.4 Å². The summed E-state index contributed by atoms with van der Waals surface area (Å²) in [6, 6.07) is 0. The first-order valence-corrected chi connectivity index (χ1v) is 10.6. The first-order valence-electron chi connectivity index (χ1n) is 10.6. The van der Waals surface area contributed by atoms with Gasteiger partial charge in [-0.3, -0.25) is 14.3 Å². The lowest BCUT2D eigenvalue weighted by molar-refractivity contribution is -0.149. The Morgan fingerprint density at radius 1 is 1.10 bits per heavy atom. The van der Waals surface area contributed by atoms with Crippen molar-refractivity contribution in [3.63, 3.8) is 0 Å². The fourth-order valence-corrected chi connectivity index (χ4v) is 3.97. The van der Waals surface area contributed by atoms with Crippen LogP contribution in [0.1, 0.15) is 62.3 Å². The number of hydrogen-bond donors (Lipinski definition) is 0. The van der Waals surface area contributed by atoms with E-state index in [4.69, 9.17) is 9.47 Å². The van der Waals surface area contributed by atoms with E-state index in [2.05, 4.69) is 5.10 Å². The predicted octanol–water partition coefficient (Wildman–Crippen LogP) is 2.13. The van der Waals surface area contributed by atoms with Crippen molar-refractivity contribution in [3.8, 4) is 0 Å². The smallest absolute Gasteiger partial charge is 0.410 e. The highest BCUT2D eigenvalue weighted by atomic mass is 16.6. The maximum absolute atomic E-state index is 13.2. The minimum atomic E-state index is -0.575. The van der Waals surface area contributed by atoms with E-state index < -0.39 is 5.60 Å². The van der Waals surface area contributed by atoms with Gasteiger partial charge < -0.3 is 19.3 Å². The van der Waals surface area contributed by atoms with Gasteiger partial charge in [-0.2, -0.15) is 5.10 Å². The first-order chi connectivity index (χ1) is 14.1. The van der Waals surface area contributed by atoms with Gasteiger partial charge in [-0.15, -0.1) is 0 Å². The first kappa shape index (κ1) is 22.1. The van der Waals surface area contributed by atoms with Crippen LogP contribution in [-0.2, 0) is 34.3 Å². The van der Waals surface area contributed by atoms with Crippen LogP contribution in [0.5, 0.6) is 0 Å². The molecule has 0 radical (unpaired) electrons. The third-order valence-electron chi connectivity index (χ3n) is 5.50. The molecule has 3 heterocycles. The number of ether oxygens (including phenoxy) is 2. The zero-order valence-corrected chi connectivity index (χ0v) is 18.6. The Labute approximate surface area is 177 Å². The van der Waals surface area contributed by atoms with Gasteiger partial charge in [-0.05, 0) is 40.5 Å². The summed E-state index contributed by atoms with van der Waals surface area (Å²) in [5, 5.41) is 4.47. The van der Waals surface area contributed by atoms with E-state index in [0.29, 0.717) is 57.7 Å². The van der Waals surface area contributed by atoms with E-state index in [-0.39, 0.29) is 23.9 Å². The Bertz CT molecular complexity index is 818. The maximum atomic E-state index is 13.2. The fraction of sp³-hybridized carbons (Fsp3) is 0.714.